The summed E-state index contributed by atoms with van der Waals surface area (Å²) in [5.41, 5.74) is 5.40. The number of amides is 1. The predicted octanol–water partition coefficient (Wildman–Crippen LogP) is -1.26. The molecular weight excluding hydrogens is 300 g/mol. The number of sulfonamides is 1. The molecule has 1 amide bonds. The fourth-order valence-corrected chi connectivity index (χ4v) is 2.62. The molecule has 0 spiro atoms. The number of primary amides is 1. The summed E-state index contributed by atoms with van der Waals surface area (Å²) >= 11 is 0. The molecule has 1 atom stereocenters. The molecule has 0 aliphatic heterocycles. The topological polar surface area (TPSA) is 136 Å². The van der Waals surface area contributed by atoms with Gasteiger partial charge in [-0.2, -0.15) is 0 Å². The molecule has 0 heterocycles. The van der Waals surface area contributed by atoms with Gasteiger partial charge in [0.05, 0.1) is 18.4 Å². The van der Waals surface area contributed by atoms with Crippen molar-refractivity contribution in [3.8, 4) is 0 Å². The van der Waals surface area contributed by atoms with Crippen LogP contribution in [0.25, 0.3) is 0 Å². The van der Waals surface area contributed by atoms with Crippen LogP contribution in [0.5, 0.6) is 0 Å². The Morgan fingerprint density at radius 1 is 1.43 bits per heavy atom. The van der Waals surface area contributed by atoms with Gasteiger partial charge < -0.3 is 15.6 Å². The van der Waals surface area contributed by atoms with Gasteiger partial charge in [-0.15, -0.1) is 0 Å². The number of carbonyl (C=O) groups excluding carboxylic acids is 2. The van der Waals surface area contributed by atoms with Crippen LogP contribution in [-0.2, 0) is 25.3 Å². The third kappa shape index (κ3) is 5.50. The quantitative estimate of drug-likeness (QED) is 0.537. The van der Waals surface area contributed by atoms with Crippen molar-refractivity contribution < 1.29 is 27.9 Å². The SMILES string of the molecule is COC(=O)c1cccc(CS(=O)(=O)NCC(O)C(N)=O)c1. The number of hydrogen-bond donors (Lipinski definition) is 3. The first-order valence-electron chi connectivity index (χ1n) is 5.87. The lowest BCUT2D eigenvalue weighted by atomic mass is 10.1. The fourth-order valence-electron chi connectivity index (χ4n) is 1.48. The number of carbonyl (C=O) groups is 2. The Labute approximate surface area is 122 Å². The molecular formula is C12H16N2O6S. The van der Waals surface area contributed by atoms with Gasteiger partial charge in [-0.1, -0.05) is 12.1 Å². The Morgan fingerprint density at radius 2 is 2.10 bits per heavy atom. The highest BCUT2D eigenvalue weighted by Crippen LogP contribution is 2.09. The van der Waals surface area contributed by atoms with E-state index in [9.17, 15) is 18.0 Å². The highest BCUT2D eigenvalue weighted by atomic mass is 32.2. The first-order valence-corrected chi connectivity index (χ1v) is 7.52. The van der Waals surface area contributed by atoms with Crippen LogP contribution in [0.1, 0.15) is 15.9 Å². The average Bonchev–Trinajstić information content (AvgIpc) is 2.43. The van der Waals surface area contributed by atoms with Crippen molar-refractivity contribution in [2.24, 2.45) is 5.73 Å². The molecule has 0 fully saturated rings. The molecule has 1 aromatic rings. The van der Waals surface area contributed by atoms with Crippen LogP contribution in [0, 0.1) is 0 Å². The number of hydrogen-bond acceptors (Lipinski definition) is 6. The van der Waals surface area contributed by atoms with Crippen LogP contribution in [0.15, 0.2) is 24.3 Å². The van der Waals surface area contributed by atoms with Gasteiger partial charge >= 0.3 is 5.97 Å². The van der Waals surface area contributed by atoms with E-state index in [4.69, 9.17) is 10.8 Å². The molecule has 8 nitrogen and oxygen atoms in total. The number of benzene rings is 1. The Hall–Kier alpha value is -1.97. The van der Waals surface area contributed by atoms with Crippen LogP contribution in [0.2, 0.25) is 0 Å². The summed E-state index contributed by atoms with van der Waals surface area (Å²) in [5, 5.41) is 9.14. The van der Waals surface area contributed by atoms with Crippen molar-refractivity contribution in [2.75, 3.05) is 13.7 Å². The zero-order valence-corrected chi connectivity index (χ0v) is 12.1. The molecule has 1 rings (SSSR count). The molecule has 0 radical (unpaired) electrons. The van der Waals surface area contributed by atoms with Gasteiger partial charge in [0.15, 0.2) is 0 Å². The van der Waals surface area contributed by atoms with E-state index in [1.54, 1.807) is 0 Å². The predicted molar refractivity (Wildman–Crippen MR) is 73.6 cm³/mol. The molecule has 0 bridgehead atoms. The summed E-state index contributed by atoms with van der Waals surface area (Å²) in [5.74, 6) is -2.01. The van der Waals surface area contributed by atoms with Gasteiger partial charge in [0.2, 0.25) is 15.9 Å². The minimum atomic E-state index is -3.78. The molecule has 1 unspecified atom stereocenters. The monoisotopic (exact) mass is 316 g/mol. The summed E-state index contributed by atoms with van der Waals surface area (Å²) in [6, 6.07) is 5.92. The molecule has 116 valence electrons. The number of nitrogens with two attached hydrogens (primary N) is 1. The molecule has 21 heavy (non-hydrogen) atoms. The summed E-state index contributed by atoms with van der Waals surface area (Å²) in [6.07, 6.45) is -1.60. The third-order valence-electron chi connectivity index (χ3n) is 2.53. The Morgan fingerprint density at radius 3 is 2.67 bits per heavy atom. The van der Waals surface area contributed by atoms with Crippen molar-refractivity contribution >= 4 is 21.9 Å². The second kappa shape index (κ2) is 7.16. The number of nitrogens with one attached hydrogen (secondary N) is 1. The van der Waals surface area contributed by atoms with E-state index in [0.717, 1.165) is 0 Å². The number of ether oxygens (including phenoxy) is 1. The Kier molecular flexibility index (Phi) is 5.82. The molecule has 1 aromatic carbocycles. The van der Waals surface area contributed by atoms with Gasteiger partial charge in [-0.05, 0) is 17.7 Å². The zero-order chi connectivity index (χ0) is 16.0. The normalized spacial score (nSPS) is 12.7. The molecule has 4 N–H and O–H groups in total. The molecule has 0 aromatic heterocycles. The van der Waals surface area contributed by atoms with E-state index in [1.807, 2.05) is 0 Å². The van der Waals surface area contributed by atoms with Crippen LogP contribution in [0.3, 0.4) is 0 Å². The summed E-state index contributed by atoms with van der Waals surface area (Å²) in [4.78, 5) is 22.0. The molecule has 0 aliphatic carbocycles. The summed E-state index contributed by atoms with van der Waals surface area (Å²) < 4.78 is 30.2. The Bertz CT molecular complexity index is 628. The lowest BCUT2D eigenvalue weighted by Crippen LogP contribution is -2.40. The maximum atomic E-state index is 11.8. The van der Waals surface area contributed by atoms with Crippen molar-refractivity contribution in [3.05, 3.63) is 35.4 Å². The van der Waals surface area contributed by atoms with Crippen LogP contribution < -0.4 is 10.5 Å². The third-order valence-corrected chi connectivity index (χ3v) is 3.85. The number of aliphatic hydroxyl groups is 1. The van der Waals surface area contributed by atoms with Crippen molar-refractivity contribution in [3.63, 3.8) is 0 Å². The van der Waals surface area contributed by atoms with Crippen LogP contribution in [0.4, 0.5) is 0 Å². The lowest BCUT2D eigenvalue weighted by Gasteiger charge is -2.10. The Balaban J connectivity index is 2.75. The number of rotatable bonds is 7. The van der Waals surface area contributed by atoms with Crippen molar-refractivity contribution in [1.29, 1.82) is 0 Å². The van der Waals surface area contributed by atoms with Gasteiger partial charge in [-0.25, -0.2) is 17.9 Å². The molecule has 0 aliphatic rings. The molecule has 0 saturated heterocycles. The van der Waals surface area contributed by atoms with Crippen molar-refractivity contribution in [2.45, 2.75) is 11.9 Å². The maximum absolute atomic E-state index is 11.8. The highest BCUT2D eigenvalue weighted by Gasteiger charge is 2.17. The van der Waals surface area contributed by atoms with E-state index in [1.165, 1.54) is 31.4 Å². The van der Waals surface area contributed by atoms with E-state index < -0.39 is 40.3 Å². The van der Waals surface area contributed by atoms with E-state index in [-0.39, 0.29) is 5.56 Å². The van der Waals surface area contributed by atoms with Crippen molar-refractivity contribution in [1.82, 2.24) is 4.72 Å². The zero-order valence-electron chi connectivity index (χ0n) is 11.3. The first kappa shape index (κ1) is 17.1. The molecule has 0 saturated carbocycles. The van der Waals surface area contributed by atoms with Gasteiger partial charge in [-0.3, -0.25) is 4.79 Å². The maximum Gasteiger partial charge on any atom is 0.337 e. The average molecular weight is 316 g/mol. The van der Waals surface area contributed by atoms with E-state index >= 15 is 0 Å². The standard InChI is InChI=1S/C12H16N2O6S/c1-20-12(17)9-4-2-3-8(5-9)7-21(18,19)14-6-10(15)11(13)16/h2-5,10,14-15H,6-7H2,1H3,(H2,13,16). The van der Waals surface area contributed by atoms with Gasteiger partial charge in [0, 0.05) is 6.54 Å². The van der Waals surface area contributed by atoms with Crippen LogP contribution in [-0.4, -0.2) is 45.2 Å². The van der Waals surface area contributed by atoms with Gasteiger partial charge in [0.1, 0.15) is 6.10 Å². The lowest BCUT2D eigenvalue weighted by molar-refractivity contribution is -0.125. The van der Waals surface area contributed by atoms with E-state index in [2.05, 4.69) is 9.46 Å². The molecule has 9 heteroatoms. The minimum Gasteiger partial charge on any atom is -0.465 e. The fraction of sp³-hybridized carbons (Fsp3) is 0.333. The smallest absolute Gasteiger partial charge is 0.337 e. The summed E-state index contributed by atoms with van der Waals surface area (Å²) in [7, 11) is -2.56. The number of esters is 1. The second-order valence-electron chi connectivity index (χ2n) is 4.22. The first-order chi connectivity index (χ1) is 9.75. The second-order valence-corrected chi connectivity index (χ2v) is 6.02. The van der Waals surface area contributed by atoms with E-state index in [0.29, 0.717) is 5.56 Å². The number of methoxy groups -OCH3 is 1. The summed E-state index contributed by atoms with van der Waals surface area (Å²) in [6.45, 7) is -0.506. The highest BCUT2D eigenvalue weighted by molar-refractivity contribution is 7.88. The van der Waals surface area contributed by atoms with Gasteiger partial charge in [0.25, 0.3) is 0 Å². The van der Waals surface area contributed by atoms with Crippen LogP contribution >= 0.6 is 0 Å². The number of aliphatic hydroxyl groups excluding tert-OH is 1. The minimum absolute atomic E-state index is 0.224. The largest absolute Gasteiger partial charge is 0.465 e.